The number of nitrogens with zero attached hydrogens (tertiary/aromatic N) is 3. The van der Waals surface area contributed by atoms with Gasteiger partial charge >= 0.3 is 0 Å². The molecule has 4 heteroatoms. The van der Waals surface area contributed by atoms with E-state index < -0.39 is 0 Å². The third-order valence-electron chi connectivity index (χ3n) is 4.42. The second-order valence-corrected chi connectivity index (χ2v) is 5.56. The maximum absolute atomic E-state index is 6.15. The average molecular weight is 258 g/mol. The molecule has 0 spiro atoms. The number of imidazole rings is 1. The number of fused-ring (bicyclic) bond motifs is 1. The maximum atomic E-state index is 6.15. The zero-order valence-corrected chi connectivity index (χ0v) is 11.5. The molecule has 4 nitrogen and oxygen atoms in total. The summed E-state index contributed by atoms with van der Waals surface area (Å²) < 4.78 is 2.17. The summed E-state index contributed by atoms with van der Waals surface area (Å²) in [7, 11) is 0. The summed E-state index contributed by atoms with van der Waals surface area (Å²) in [6.45, 7) is 2.24. The largest absolute Gasteiger partial charge is 0.369 e. The van der Waals surface area contributed by atoms with Gasteiger partial charge in [0.15, 0.2) is 5.65 Å². The molecule has 2 aromatic heterocycles. The molecule has 2 heterocycles. The summed E-state index contributed by atoms with van der Waals surface area (Å²) in [5.41, 5.74) is 8.00. The zero-order valence-electron chi connectivity index (χ0n) is 11.5. The van der Waals surface area contributed by atoms with E-state index in [2.05, 4.69) is 21.5 Å². The summed E-state index contributed by atoms with van der Waals surface area (Å²) in [5, 5.41) is 0. The van der Waals surface area contributed by atoms with Crippen molar-refractivity contribution >= 4 is 17.1 Å². The summed E-state index contributed by atoms with van der Waals surface area (Å²) in [6.07, 6.45) is 9.62. The van der Waals surface area contributed by atoms with Gasteiger partial charge in [0.05, 0.1) is 0 Å². The van der Waals surface area contributed by atoms with Crippen molar-refractivity contribution < 1.29 is 0 Å². The highest BCUT2D eigenvalue weighted by Gasteiger charge is 2.26. The molecule has 0 saturated heterocycles. The van der Waals surface area contributed by atoms with Gasteiger partial charge < -0.3 is 5.73 Å². The third kappa shape index (κ3) is 2.20. The highest BCUT2D eigenvalue weighted by molar-refractivity contribution is 5.74. The molecule has 102 valence electrons. The minimum absolute atomic E-state index is 0.445. The average Bonchev–Trinajstić information content (AvgIpc) is 2.78. The Balaban J connectivity index is 2.02. The van der Waals surface area contributed by atoms with E-state index in [9.17, 15) is 0 Å². The molecule has 0 radical (unpaired) electrons. The number of pyridine rings is 1. The molecule has 1 aliphatic rings. The van der Waals surface area contributed by atoms with Crippen LogP contribution >= 0.6 is 0 Å². The van der Waals surface area contributed by atoms with E-state index in [1.54, 1.807) is 0 Å². The number of hydrogen-bond acceptors (Lipinski definition) is 3. The van der Waals surface area contributed by atoms with Crippen molar-refractivity contribution in [1.29, 1.82) is 0 Å². The number of hydrogen-bond donors (Lipinski definition) is 1. The van der Waals surface area contributed by atoms with Crippen LogP contribution in [0.4, 0.5) is 5.95 Å². The quantitative estimate of drug-likeness (QED) is 0.916. The molecule has 0 aromatic carbocycles. The molecule has 1 fully saturated rings. The maximum Gasteiger partial charge on any atom is 0.202 e. The van der Waals surface area contributed by atoms with Crippen molar-refractivity contribution in [3.05, 3.63) is 18.3 Å². The normalized spacial score (nSPS) is 18.8. The summed E-state index contributed by atoms with van der Waals surface area (Å²) in [5.74, 6) is 1.34. The van der Waals surface area contributed by atoms with Gasteiger partial charge in [-0.05, 0) is 37.3 Å². The first kappa shape index (κ1) is 12.5. The van der Waals surface area contributed by atoms with Crippen LogP contribution in [0.25, 0.3) is 11.2 Å². The molecule has 0 bridgehead atoms. The van der Waals surface area contributed by atoms with Gasteiger partial charge in [0.2, 0.25) is 5.95 Å². The predicted octanol–water partition coefficient (Wildman–Crippen LogP) is 3.54. The number of rotatable bonds is 3. The van der Waals surface area contributed by atoms with Crippen molar-refractivity contribution in [2.24, 2.45) is 5.92 Å². The van der Waals surface area contributed by atoms with E-state index in [1.165, 1.54) is 32.1 Å². The van der Waals surface area contributed by atoms with Crippen LogP contribution in [0.2, 0.25) is 0 Å². The van der Waals surface area contributed by atoms with E-state index in [4.69, 9.17) is 5.73 Å². The van der Waals surface area contributed by atoms with Gasteiger partial charge in [-0.25, -0.2) is 9.97 Å². The van der Waals surface area contributed by atoms with E-state index in [-0.39, 0.29) is 0 Å². The Morgan fingerprint density at radius 2 is 2.16 bits per heavy atom. The lowest BCUT2D eigenvalue weighted by Gasteiger charge is -2.31. The van der Waals surface area contributed by atoms with Crippen molar-refractivity contribution in [2.75, 3.05) is 5.73 Å². The summed E-state index contributed by atoms with van der Waals surface area (Å²) >= 11 is 0. The standard InChI is InChI=1S/C15H22N4/c1-2-13(11-7-4-3-5-8-11)19-14-12(18-15(19)16)9-6-10-17-14/h6,9-11,13H,2-5,7-8H2,1H3,(H2,16,18). The first-order chi connectivity index (χ1) is 9.31. The summed E-state index contributed by atoms with van der Waals surface area (Å²) in [6, 6.07) is 4.35. The third-order valence-corrected chi connectivity index (χ3v) is 4.42. The van der Waals surface area contributed by atoms with Crippen LogP contribution in [0.15, 0.2) is 18.3 Å². The van der Waals surface area contributed by atoms with Crippen molar-refractivity contribution in [2.45, 2.75) is 51.5 Å². The first-order valence-corrected chi connectivity index (χ1v) is 7.39. The van der Waals surface area contributed by atoms with Gasteiger partial charge in [-0.1, -0.05) is 26.2 Å². The fourth-order valence-electron chi connectivity index (χ4n) is 3.52. The lowest BCUT2D eigenvalue weighted by Crippen LogP contribution is -2.22. The van der Waals surface area contributed by atoms with Gasteiger partial charge in [-0.3, -0.25) is 4.57 Å². The Labute approximate surface area is 114 Å². The van der Waals surface area contributed by atoms with Crippen LogP contribution in [0.5, 0.6) is 0 Å². The second-order valence-electron chi connectivity index (χ2n) is 5.56. The van der Waals surface area contributed by atoms with Gasteiger partial charge in [0.1, 0.15) is 5.52 Å². The molecule has 0 aliphatic heterocycles. The molecule has 2 aromatic rings. The number of aromatic nitrogens is 3. The van der Waals surface area contributed by atoms with Crippen LogP contribution < -0.4 is 5.73 Å². The van der Waals surface area contributed by atoms with Gasteiger partial charge in [-0.2, -0.15) is 0 Å². The minimum Gasteiger partial charge on any atom is -0.369 e. The molecule has 2 N–H and O–H groups in total. The van der Waals surface area contributed by atoms with Crippen LogP contribution in [0.3, 0.4) is 0 Å². The monoisotopic (exact) mass is 258 g/mol. The lowest BCUT2D eigenvalue weighted by molar-refractivity contribution is 0.248. The van der Waals surface area contributed by atoms with Crippen LogP contribution in [-0.2, 0) is 0 Å². The van der Waals surface area contributed by atoms with E-state index >= 15 is 0 Å². The molecular weight excluding hydrogens is 236 g/mol. The Morgan fingerprint density at radius 3 is 2.89 bits per heavy atom. The molecule has 0 amide bonds. The highest BCUT2D eigenvalue weighted by Crippen LogP contribution is 2.37. The zero-order chi connectivity index (χ0) is 13.2. The molecule has 3 rings (SSSR count). The Bertz CT molecular complexity index is 554. The Morgan fingerprint density at radius 1 is 1.37 bits per heavy atom. The molecule has 19 heavy (non-hydrogen) atoms. The number of nitrogen functional groups attached to an aromatic ring is 1. The smallest absolute Gasteiger partial charge is 0.202 e. The number of nitrogens with two attached hydrogens (primary N) is 1. The summed E-state index contributed by atoms with van der Waals surface area (Å²) in [4.78, 5) is 8.94. The predicted molar refractivity (Wildman–Crippen MR) is 77.8 cm³/mol. The van der Waals surface area contributed by atoms with Crippen LogP contribution in [0, 0.1) is 5.92 Å². The lowest BCUT2D eigenvalue weighted by atomic mass is 9.83. The molecule has 1 aliphatic carbocycles. The van der Waals surface area contributed by atoms with Crippen molar-refractivity contribution in [3.8, 4) is 0 Å². The molecular formula is C15H22N4. The topological polar surface area (TPSA) is 56.7 Å². The number of anilines is 1. The highest BCUT2D eigenvalue weighted by atomic mass is 15.2. The second kappa shape index (κ2) is 5.19. The van der Waals surface area contributed by atoms with E-state index in [0.29, 0.717) is 12.0 Å². The van der Waals surface area contributed by atoms with Crippen molar-refractivity contribution in [1.82, 2.24) is 14.5 Å². The minimum atomic E-state index is 0.445. The van der Waals surface area contributed by atoms with E-state index in [1.807, 2.05) is 18.3 Å². The fourth-order valence-corrected chi connectivity index (χ4v) is 3.52. The van der Waals surface area contributed by atoms with E-state index in [0.717, 1.165) is 23.5 Å². The molecule has 1 saturated carbocycles. The Hall–Kier alpha value is -1.58. The van der Waals surface area contributed by atoms with Crippen LogP contribution in [0.1, 0.15) is 51.5 Å². The van der Waals surface area contributed by atoms with Crippen LogP contribution in [-0.4, -0.2) is 14.5 Å². The first-order valence-electron chi connectivity index (χ1n) is 7.39. The van der Waals surface area contributed by atoms with Crippen molar-refractivity contribution in [3.63, 3.8) is 0 Å². The Kier molecular flexibility index (Phi) is 3.40. The van der Waals surface area contributed by atoms with Gasteiger partial charge in [0, 0.05) is 12.2 Å². The van der Waals surface area contributed by atoms with Gasteiger partial charge in [0.25, 0.3) is 0 Å². The SMILES string of the molecule is CCC(C1CCCCC1)n1c(N)nc2cccnc21. The fraction of sp³-hybridized carbons (Fsp3) is 0.600. The molecule has 1 unspecified atom stereocenters. The van der Waals surface area contributed by atoms with Gasteiger partial charge in [-0.15, -0.1) is 0 Å². The molecule has 1 atom stereocenters.